The van der Waals surface area contributed by atoms with Crippen LogP contribution in [-0.2, 0) is 16.0 Å². The molecule has 1 aromatic carbocycles. The normalized spacial score (nSPS) is 11.5. The first-order valence-corrected chi connectivity index (χ1v) is 8.17. The van der Waals surface area contributed by atoms with Gasteiger partial charge in [-0.25, -0.2) is 0 Å². The molecule has 0 fully saturated rings. The summed E-state index contributed by atoms with van der Waals surface area (Å²) in [6, 6.07) is 5.58. The maximum absolute atomic E-state index is 12.1. The number of hydrogen-bond donors (Lipinski definition) is 1. The Bertz CT molecular complexity index is 560. The average Bonchev–Trinajstić information content (AvgIpc) is 2.57. The van der Waals surface area contributed by atoms with Crippen LogP contribution in [0.5, 0.6) is 11.5 Å². The van der Waals surface area contributed by atoms with Crippen molar-refractivity contribution < 1.29 is 19.1 Å². The lowest BCUT2D eigenvalue weighted by atomic mass is 10.1. The minimum Gasteiger partial charge on any atom is -0.493 e. The fourth-order valence-electron chi connectivity index (χ4n) is 2.46. The molecule has 6 heteroatoms. The van der Waals surface area contributed by atoms with Crippen molar-refractivity contribution in [2.75, 3.05) is 27.3 Å². The number of hydrogen-bond acceptors (Lipinski definition) is 4. The van der Waals surface area contributed by atoms with Crippen LogP contribution in [0.15, 0.2) is 18.2 Å². The van der Waals surface area contributed by atoms with E-state index in [1.807, 2.05) is 19.9 Å². The molecule has 0 heterocycles. The number of methoxy groups -OCH3 is 2. The summed E-state index contributed by atoms with van der Waals surface area (Å²) in [7, 11) is 3.13. The standard InChI is InChI=1S/C18H28N2O4/c1-6-13(2)20(14(3)21)10-9-19-18(22)12-15-7-8-16(23-4)17(11-15)24-5/h7-8,11,13H,6,9-10,12H2,1-5H3,(H,19,22). The first-order valence-electron chi connectivity index (χ1n) is 8.17. The zero-order valence-electron chi connectivity index (χ0n) is 15.2. The molecule has 1 N–H and O–H groups in total. The zero-order valence-corrected chi connectivity index (χ0v) is 15.2. The van der Waals surface area contributed by atoms with E-state index in [-0.39, 0.29) is 24.3 Å². The van der Waals surface area contributed by atoms with Gasteiger partial charge in [-0.3, -0.25) is 9.59 Å². The highest BCUT2D eigenvalue weighted by Gasteiger charge is 2.15. The van der Waals surface area contributed by atoms with Crippen LogP contribution in [-0.4, -0.2) is 50.1 Å². The van der Waals surface area contributed by atoms with Gasteiger partial charge in [0.1, 0.15) is 0 Å². The number of benzene rings is 1. The molecule has 0 saturated heterocycles. The number of nitrogens with zero attached hydrogens (tertiary/aromatic N) is 1. The fraction of sp³-hybridized carbons (Fsp3) is 0.556. The summed E-state index contributed by atoms with van der Waals surface area (Å²) in [6.07, 6.45) is 1.14. The van der Waals surface area contributed by atoms with Gasteiger partial charge in [-0.05, 0) is 31.0 Å². The summed E-state index contributed by atoms with van der Waals surface area (Å²) < 4.78 is 10.4. The number of carbonyl (C=O) groups is 2. The average molecular weight is 336 g/mol. The van der Waals surface area contributed by atoms with E-state index in [4.69, 9.17) is 9.47 Å². The molecule has 0 bridgehead atoms. The highest BCUT2D eigenvalue weighted by atomic mass is 16.5. The Morgan fingerprint density at radius 2 is 1.88 bits per heavy atom. The van der Waals surface area contributed by atoms with Crippen molar-refractivity contribution in [1.29, 1.82) is 0 Å². The molecule has 1 rings (SSSR count). The Kier molecular flexibility index (Phi) is 8.09. The second-order valence-corrected chi connectivity index (χ2v) is 5.69. The summed E-state index contributed by atoms with van der Waals surface area (Å²) in [5, 5.41) is 2.86. The van der Waals surface area contributed by atoms with Gasteiger partial charge in [0, 0.05) is 26.1 Å². The minimum atomic E-state index is -0.0881. The van der Waals surface area contributed by atoms with Crippen LogP contribution in [0.2, 0.25) is 0 Å². The summed E-state index contributed by atoms with van der Waals surface area (Å²) in [4.78, 5) is 25.5. The minimum absolute atomic E-state index is 0.0264. The predicted molar refractivity (Wildman–Crippen MR) is 93.4 cm³/mol. The van der Waals surface area contributed by atoms with Crippen molar-refractivity contribution in [3.8, 4) is 11.5 Å². The van der Waals surface area contributed by atoms with Crippen LogP contribution in [0.4, 0.5) is 0 Å². The van der Waals surface area contributed by atoms with Crippen molar-refractivity contribution >= 4 is 11.8 Å². The van der Waals surface area contributed by atoms with E-state index < -0.39 is 0 Å². The molecule has 134 valence electrons. The Hall–Kier alpha value is -2.24. The molecule has 0 aliphatic carbocycles. The van der Waals surface area contributed by atoms with E-state index in [1.54, 1.807) is 38.2 Å². The van der Waals surface area contributed by atoms with Crippen LogP contribution in [0, 0.1) is 0 Å². The molecule has 2 amide bonds. The van der Waals surface area contributed by atoms with E-state index >= 15 is 0 Å². The Labute approximate surface area is 144 Å². The van der Waals surface area contributed by atoms with Gasteiger partial charge < -0.3 is 19.7 Å². The van der Waals surface area contributed by atoms with Crippen molar-refractivity contribution in [3.63, 3.8) is 0 Å². The molecule has 1 aromatic rings. The third kappa shape index (κ3) is 5.76. The highest BCUT2D eigenvalue weighted by Crippen LogP contribution is 2.27. The molecular formula is C18H28N2O4. The van der Waals surface area contributed by atoms with Gasteiger partial charge in [-0.2, -0.15) is 0 Å². The third-order valence-corrected chi connectivity index (χ3v) is 4.01. The third-order valence-electron chi connectivity index (χ3n) is 4.01. The van der Waals surface area contributed by atoms with E-state index in [0.29, 0.717) is 24.6 Å². The van der Waals surface area contributed by atoms with E-state index in [1.165, 1.54) is 0 Å². The van der Waals surface area contributed by atoms with E-state index in [9.17, 15) is 9.59 Å². The molecule has 0 saturated carbocycles. The molecule has 1 unspecified atom stereocenters. The van der Waals surface area contributed by atoms with Crippen LogP contribution in [0.1, 0.15) is 32.8 Å². The first-order chi connectivity index (χ1) is 11.4. The number of amides is 2. The quantitative estimate of drug-likeness (QED) is 0.749. The first kappa shape index (κ1) is 19.8. The van der Waals surface area contributed by atoms with Gasteiger partial charge in [-0.15, -0.1) is 0 Å². The summed E-state index contributed by atoms with van der Waals surface area (Å²) in [5.74, 6) is 1.17. The van der Waals surface area contributed by atoms with Crippen molar-refractivity contribution in [2.24, 2.45) is 0 Å². The monoisotopic (exact) mass is 336 g/mol. The number of nitrogens with one attached hydrogen (secondary N) is 1. The summed E-state index contributed by atoms with van der Waals surface area (Å²) >= 11 is 0. The van der Waals surface area contributed by atoms with Crippen molar-refractivity contribution in [3.05, 3.63) is 23.8 Å². The maximum atomic E-state index is 12.1. The fourth-order valence-corrected chi connectivity index (χ4v) is 2.46. The van der Waals surface area contributed by atoms with Gasteiger partial charge in [0.25, 0.3) is 0 Å². The van der Waals surface area contributed by atoms with Crippen LogP contribution in [0.25, 0.3) is 0 Å². The number of rotatable bonds is 9. The molecule has 1 atom stereocenters. The van der Waals surface area contributed by atoms with Crippen LogP contribution < -0.4 is 14.8 Å². The lowest BCUT2D eigenvalue weighted by molar-refractivity contribution is -0.131. The van der Waals surface area contributed by atoms with Crippen molar-refractivity contribution in [1.82, 2.24) is 10.2 Å². The van der Waals surface area contributed by atoms with Gasteiger partial charge in [-0.1, -0.05) is 13.0 Å². The molecule has 6 nitrogen and oxygen atoms in total. The number of ether oxygens (including phenoxy) is 2. The maximum Gasteiger partial charge on any atom is 0.224 e. The zero-order chi connectivity index (χ0) is 18.1. The van der Waals surface area contributed by atoms with Gasteiger partial charge in [0.2, 0.25) is 11.8 Å². The molecule has 24 heavy (non-hydrogen) atoms. The van der Waals surface area contributed by atoms with E-state index in [0.717, 1.165) is 12.0 Å². The Balaban J connectivity index is 2.53. The van der Waals surface area contributed by atoms with Gasteiger partial charge >= 0.3 is 0 Å². The van der Waals surface area contributed by atoms with Gasteiger partial charge in [0.05, 0.1) is 20.6 Å². The molecule has 0 aliphatic rings. The van der Waals surface area contributed by atoms with Crippen LogP contribution >= 0.6 is 0 Å². The molecular weight excluding hydrogens is 308 g/mol. The van der Waals surface area contributed by atoms with Crippen LogP contribution in [0.3, 0.4) is 0 Å². The SMILES string of the molecule is CCC(C)N(CCNC(=O)Cc1ccc(OC)c(OC)c1)C(C)=O. The molecule has 0 aliphatic heterocycles. The van der Waals surface area contributed by atoms with Gasteiger partial charge in [0.15, 0.2) is 11.5 Å². The molecule has 0 spiro atoms. The lowest BCUT2D eigenvalue weighted by Gasteiger charge is -2.27. The molecule has 0 radical (unpaired) electrons. The second kappa shape index (κ2) is 9.80. The topological polar surface area (TPSA) is 67.9 Å². The lowest BCUT2D eigenvalue weighted by Crippen LogP contribution is -2.42. The Morgan fingerprint density at radius 1 is 1.21 bits per heavy atom. The predicted octanol–water partition coefficient (Wildman–Crippen LogP) is 2.01. The summed E-state index contributed by atoms with van der Waals surface area (Å²) in [6.45, 7) is 6.55. The largest absolute Gasteiger partial charge is 0.493 e. The molecule has 0 aromatic heterocycles. The second-order valence-electron chi connectivity index (χ2n) is 5.69. The number of carbonyl (C=O) groups excluding carboxylic acids is 2. The highest BCUT2D eigenvalue weighted by molar-refractivity contribution is 5.79. The van der Waals surface area contributed by atoms with E-state index in [2.05, 4.69) is 5.32 Å². The van der Waals surface area contributed by atoms with Crippen molar-refractivity contribution in [2.45, 2.75) is 39.7 Å². The smallest absolute Gasteiger partial charge is 0.224 e. The Morgan fingerprint density at radius 3 is 2.42 bits per heavy atom. The summed E-state index contributed by atoms with van der Waals surface area (Å²) in [5.41, 5.74) is 0.843.